The van der Waals surface area contributed by atoms with Gasteiger partial charge < -0.3 is 0 Å². The third kappa shape index (κ3) is 8.22. The molecule has 2 nitrogen and oxygen atoms in total. The minimum Gasteiger partial charge on any atom is -0.289 e. The summed E-state index contributed by atoms with van der Waals surface area (Å²) in [5.41, 5.74) is 8.09. The van der Waals surface area contributed by atoms with Crippen LogP contribution in [-0.2, 0) is 12.8 Å². The van der Waals surface area contributed by atoms with Crippen molar-refractivity contribution in [2.45, 2.75) is 79.1 Å². The zero-order valence-electron chi connectivity index (χ0n) is 27.5. The van der Waals surface area contributed by atoms with Gasteiger partial charge in [-0.2, -0.15) is 0 Å². The third-order valence-corrected chi connectivity index (χ3v) is 8.24. The number of hydrogen-bond acceptors (Lipinski definition) is 2. The molecule has 0 bridgehead atoms. The second-order valence-corrected chi connectivity index (χ2v) is 12.3. The molecule has 0 aliphatic carbocycles. The molecule has 0 radical (unpaired) electrons. The van der Waals surface area contributed by atoms with Crippen LogP contribution >= 0.6 is 0 Å². The molecule has 0 unspecified atom stereocenters. The molecule has 0 aliphatic heterocycles. The number of hydrogen-bond donors (Lipinski definition) is 0. The lowest BCUT2D eigenvalue weighted by atomic mass is 9.89. The molecule has 0 aromatic heterocycles. The van der Waals surface area contributed by atoms with Crippen molar-refractivity contribution in [2.75, 3.05) is 0 Å². The van der Waals surface area contributed by atoms with Gasteiger partial charge in [-0.05, 0) is 94.1 Å². The molecule has 0 saturated carbocycles. The summed E-state index contributed by atoms with van der Waals surface area (Å²) in [7, 11) is 0. The lowest BCUT2D eigenvalue weighted by molar-refractivity contribution is 0.103. The van der Waals surface area contributed by atoms with Gasteiger partial charge in [0.1, 0.15) is 5.82 Å². The van der Waals surface area contributed by atoms with Gasteiger partial charge in [0.05, 0.1) is 0 Å². The first-order valence-corrected chi connectivity index (χ1v) is 16.2. The van der Waals surface area contributed by atoms with Crippen LogP contribution in [0.5, 0.6) is 0 Å². The van der Waals surface area contributed by atoms with Crippen molar-refractivity contribution >= 4 is 22.3 Å². The first-order chi connectivity index (χ1) is 21.6. The summed E-state index contributed by atoms with van der Waals surface area (Å²) in [6.07, 6.45) is 4.23. The maximum absolute atomic E-state index is 12.9. The van der Waals surface area contributed by atoms with E-state index in [2.05, 4.69) is 59.7 Å². The minimum absolute atomic E-state index is 0.0531. The van der Waals surface area contributed by atoms with E-state index in [1.165, 1.54) is 51.9 Å². The van der Waals surface area contributed by atoms with Crippen LogP contribution in [0.2, 0.25) is 0 Å². The molecule has 3 heteroatoms. The fourth-order valence-corrected chi connectivity index (χ4v) is 5.94. The van der Waals surface area contributed by atoms with Crippen molar-refractivity contribution in [3.8, 4) is 0 Å². The second kappa shape index (κ2) is 15.6. The molecule has 45 heavy (non-hydrogen) atoms. The highest BCUT2D eigenvalue weighted by Gasteiger charge is 2.15. The Morgan fingerprint density at radius 3 is 1.71 bits per heavy atom. The molecule has 0 spiro atoms. The smallest absolute Gasteiger partial charge is 0.193 e. The molecular weight excluding hydrogens is 555 g/mol. The molecule has 232 valence electrons. The largest absolute Gasteiger partial charge is 0.289 e. The summed E-state index contributed by atoms with van der Waals surface area (Å²) in [6.45, 7) is 13.2. The Morgan fingerprint density at radius 2 is 1.11 bits per heavy atom. The van der Waals surface area contributed by atoms with E-state index in [-0.39, 0.29) is 17.4 Å². The number of fused-ring (bicyclic) bond motifs is 1. The lowest BCUT2D eigenvalue weighted by Crippen LogP contribution is -2.05. The number of benzene rings is 5. The van der Waals surface area contributed by atoms with E-state index in [0.717, 1.165) is 42.2 Å². The topological polar surface area (TPSA) is 34.1 Å². The van der Waals surface area contributed by atoms with Crippen molar-refractivity contribution < 1.29 is 14.0 Å². The van der Waals surface area contributed by atoms with Crippen LogP contribution < -0.4 is 0 Å². The summed E-state index contributed by atoms with van der Waals surface area (Å²) < 4.78 is 12.9. The maximum atomic E-state index is 12.9. The average molecular weight is 601 g/mol. The highest BCUT2D eigenvalue weighted by Crippen LogP contribution is 2.30. The number of ketones is 2. The first kappa shape index (κ1) is 33.5. The van der Waals surface area contributed by atoms with Gasteiger partial charge in [-0.1, -0.05) is 121 Å². The normalized spacial score (nSPS) is 11.0. The molecular formula is C42H45FO2. The van der Waals surface area contributed by atoms with Crippen LogP contribution in [0.1, 0.15) is 120 Å². The predicted octanol–water partition coefficient (Wildman–Crippen LogP) is 11.3. The fraction of sp³-hybridized carbons (Fsp3) is 0.286. The molecule has 0 saturated heterocycles. The highest BCUT2D eigenvalue weighted by atomic mass is 19.1. The Hall–Kier alpha value is -4.37. The molecule has 0 N–H and O–H groups in total. The first-order valence-electron chi connectivity index (χ1n) is 16.2. The van der Waals surface area contributed by atoms with Crippen molar-refractivity contribution in [1.29, 1.82) is 0 Å². The number of aryl methyl sites for hydroxylation is 2. The van der Waals surface area contributed by atoms with Gasteiger partial charge in [0.25, 0.3) is 0 Å². The highest BCUT2D eigenvalue weighted by molar-refractivity contribution is 6.11. The van der Waals surface area contributed by atoms with Gasteiger partial charge in [-0.15, -0.1) is 0 Å². The van der Waals surface area contributed by atoms with Gasteiger partial charge in [-0.3, -0.25) is 9.59 Å². The molecule has 0 fully saturated rings. The van der Waals surface area contributed by atoms with Crippen molar-refractivity contribution in [2.24, 2.45) is 0 Å². The Labute approximate surface area is 268 Å². The van der Waals surface area contributed by atoms with Gasteiger partial charge in [0.15, 0.2) is 11.6 Å². The monoisotopic (exact) mass is 600 g/mol. The maximum Gasteiger partial charge on any atom is 0.193 e. The van der Waals surface area contributed by atoms with Crippen LogP contribution in [0.25, 0.3) is 10.8 Å². The molecule has 0 amide bonds. The van der Waals surface area contributed by atoms with Crippen LogP contribution in [0, 0.1) is 5.82 Å². The summed E-state index contributed by atoms with van der Waals surface area (Å²) in [5.74, 6) is 0.668. The Balaban J connectivity index is 0.000000207. The number of carbonyl (C=O) groups is 2. The molecule has 0 heterocycles. The molecule has 5 aromatic rings. The van der Waals surface area contributed by atoms with Crippen molar-refractivity contribution in [3.05, 3.63) is 153 Å². The van der Waals surface area contributed by atoms with Crippen LogP contribution in [0.4, 0.5) is 4.39 Å². The summed E-state index contributed by atoms with van der Waals surface area (Å²) in [5, 5.41) is 2.44. The van der Waals surface area contributed by atoms with E-state index in [9.17, 15) is 14.0 Å². The fourth-order valence-electron chi connectivity index (χ4n) is 5.94. The summed E-state index contributed by atoms with van der Waals surface area (Å²) in [4.78, 5) is 25.1. The Morgan fingerprint density at radius 1 is 0.578 bits per heavy atom. The molecule has 5 aromatic carbocycles. The molecule has 0 aliphatic rings. The van der Waals surface area contributed by atoms with Gasteiger partial charge in [0.2, 0.25) is 0 Å². The summed E-state index contributed by atoms with van der Waals surface area (Å²) >= 11 is 0. The standard InChI is InChI=1S/C23H24O.C19H21FO/c1-4-8-22-20(16(2)3)13-11-18-15-19(12-14-21(18)22)23(24)17-9-6-5-7-10-17;1-4-5-15-12-16(8-11-18(15)13(2)3)19(21)14-6-9-17(20)10-7-14/h5-7,9-16H,4,8H2,1-3H3;6-13H,4-5H2,1-3H3. The molecule has 5 rings (SSSR count). The SMILES string of the molecule is CCCc1c(C(C)C)ccc2cc(C(=O)c3ccccc3)ccc12.CCCc1cc(C(=O)c2ccc(F)cc2)ccc1C(C)C. The minimum atomic E-state index is -0.326. The van der Waals surface area contributed by atoms with Crippen LogP contribution in [0.15, 0.2) is 103 Å². The van der Waals surface area contributed by atoms with E-state index >= 15 is 0 Å². The van der Waals surface area contributed by atoms with E-state index in [1.807, 2.05) is 60.7 Å². The van der Waals surface area contributed by atoms with Crippen LogP contribution in [0.3, 0.4) is 0 Å². The van der Waals surface area contributed by atoms with E-state index in [1.54, 1.807) is 0 Å². The lowest BCUT2D eigenvalue weighted by Gasteiger charge is -2.16. The Kier molecular flexibility index (Phi) is 11.6. The van der Waals surface area contributed by atoms with Gasteiger partial charge in [0, 0.05) is 22.3 Å². The van der Waals surface area contributed by atoms with Gasteiger partial charge in [-0.25, -0.2) is 4.39 Å². The van der Waals surface area contributed by atoms with Crippen molar-refractivity contribution in [3.63, 3.8) is 0 Å². The molecule has 0 atom stereocenters. The van der Waals surface area contributed by atoms with Crippen molar-refractivity contribution in [1.82, 2.24) is 0 Å². The number of halogens is 1. The second-order valence-electron chi connectivity index (χ2n) is 12.3. The number of carbonyl (C=O) groups excluding carboxylic acids is 2. The van der Waals surface area contributed by atoms with E-state index in [0.29, 0.717) is 23.0 Å². The zero-order chi connectivity index (χ0) is 32.5. The van der Waals surface area contributed by atoms with Gasteiger partial charge >= 0.3 is 0 Å². The van der Waals surface area contributed by atoms with E-state index < -0.39 is 0 Å². The Bertz CT molecular complexity index is 1750. The average Bonchev–Trinajstić information content (AvgIpc) is 3.05. The van der Waals surface area contributed by atoms with E-state index in [4.69, 9.17) is 0 Å². The third-order valence-electron chi connectivity index (χ3n) is 8.24. The summed E-state index contributed by atoms with van der Waals surface area (Å²) in [6, 6.07) is 31.6. The number of rotatable bonds is 10. The predicted molar refractivity (Wildman–Crippen MR) is 186 cm³/mol. The van der Waals surface area contributed by atoms with Crippen LogP contribution in [-0.4, -0.2) is 11.6 Å². The zero-order valence-corrected chi connectivity index (χ0v) is 27.5. The quantitative estimate of drug-likeness (QED) is 0.149.